The van der Waals surface area contributed by atoms with Gasteiger partial charge >= 0.3 is 0 Å². The molecule has 0 unspecified atom stereocenters. The van der Waals surface area contributed by atoms with Crippen LogP contribution in [-0.2, 0) is 32.6 Å². The van der Waals surface area contributed by atoms with Gasteiger partial charge in [0.05, 0.1) is 10.6 Å². The van der Waals surface area contributed by atoms with E-state index in [9.17, 15) is 18.0 Å². The van der Waals surface area contributed by atoms with Crippen LogP contribution in [0, 0.1) is 13.8 Å². The van der Waals surface area contributed by atoms with Crippen LogP contribution in [0.4, 0.5) is 5.69 Å². The first-order valence-corrected chi connectivity index (χ1v) is 15.9. The third-order valence-electron chi connectivity index (χ3n) is 7.25. The molecule has 2 amide bonds. The van der Waals surface area contributed by atoms with Gasteiger partial charge in [-0.05, 0) is 55.2 Å². The fourth-order valence-electron chi connectivity index (χ4n) is 5.00. The molecule has 0 aliphatic heterocycles. The summed E-state index contributed by atoms with van der Waals surface area (Å²) in [5.74, 6) is -0.753. The third kappa shape index (κ3) is 8.11. The molecule has 0 aliphatic rings. The average molecular weight is 598 g/mol. The van der Waals surface area contributed by atoms with E-state index in [-0.39, 0.29) is 23.8 Å². The lowest BCUT2D eigenvalue weighted by Crippen LogP contribution is -2.53. The Kier molecular flexibility index (Phi) is 10.7. The van der Waals surface area contributed by atoms with Crippen molar-refractivity contribution in [2.75, 3.05) is 17.4 Å². The second-order valence-corrected chi connectivity index (χ2v) is 12.5. The van der Waals surface area contributed by atoms with Gasteiger partial charge in [0, 0.05) is 19.5 Å². The van der Waals surface area contributed by atoms with Gasteiger partial charge in [0.25, 0.3) is 10.0 Å². The Hall–Kier alpha value is -4.43. The van der Waals surface area contributed by atoms with Gasteiger partial charge in [-0.15, -0.1) is 0 Å². The third-order valence-corrected chi connectivity index (χ3v) is 9.02. The van der Waals surface area contributed by atoms with Crippen molar-refractivity contribution in [1.82, 2.24) is 10.2 Å². The van der Waals surface area contributed by atoms with Gasteiger partial charge < -0.3 is 10.2 Å². The molecular formula is C35H39N3O4S. The summed E-state index contributed by atoms with van der Waals surface area (Å²) in [6, 6.07) is 31.6. The minimum atomic E-state index is -4.12. The summed E-state index contributed by atoms with van der Waals surface area (Å²) in [4.78, 5) is 29.8. The van der Waals surface area contributed by atoms with Crippen LogP contribution >= 0.6 is 0 Å². The SMILES string of the molecule is CCCNC(=O)[C@H](Cc1ccccc1)N(Cc1cccc(C)c1)C(=O)CN(c1ccccc1C)S(=O)(=O)c1ccccc1. The molecule has 7 nitrogen and oxygen atoms in total. The summed E-state index contributed by atoms with van der Waals surface area (Å²) in [7, 11) is -4.12. The Morgan fingerprint density at radius 2 is 1.42 bits per heavy atom. The van der Waals surface area contributed by atoms with Crippen LogP contribution < -0.4 is 9.62 Å². The van der Waals surface area contributed by atoms with Crippen LogP contribution in [0.25, 0.3) is 0 Å². The lowest BCUT2D eigenvalue weighted by Gasteiger charge is -2.34. The molecule has 0 aromatic heterocycles. The second kappa shape index (κ2) is 14.6. The number of rotatable bonds is 13. The van der Waals surface area contributed by atoms with E-state index < -0.39 is 28.5 Å². The average Bonchev–Trinajstić information content (AvgIpc) is 3.01. The number of amides is 2. The predicted octanol–water partition coefficient (Wildman–Crippen LogP) is 5.67. The minimum absolute atomic E-state index is 0.0813. The van der Waals surface area contributed by atoms with E-state index in [1.165, 1.54) is 17.0 Å². The number of nitrogens with one attached hydrogen (secondary N) is 1. The monoisotopic (exact) mass is 597 g/mol. The number of para-hydroxylation sites is 1. The molecule has 0 spiro atoms. The van der Waals surface area contributed by atoms with E-state index in [4.69, 9.17) is 0 Å². The molecule has 1 N–H and O–H groups in total. The Balaban J connectivity index is 1.80. The molecule has 0 saturated carbocycles. The molecular weight excluding hydrogens is 558 g/mol. The fraction of sp³-hybridized carbons (Fsp3) is 0.257. The smallest absolute Gasteiger partial charge is 0.264 e. The first-order chi connectivity index (χ1) is 20.7. The van der Waals surface area contributed by atoms with Crippen LogP contribution in [0.5, 0.6) is 0 Å². The molecule has 8 heteroatoms. The van der Waals surface area contributed by atoms with Gasteiger partial charge in [-0.2, -0.15) is 0 Å². The molecule has 4 aromatic carbocycles. The number of hydrogen-bond donors (Lipinski definition) is 1. The number of carbonyl (C=O) groups is 2. The number of benzene rings is 4. The van der Waals surface area contributed by atoms with E-state index in [0.717, 1.165) is 27.4 Å². The highest BCUT2D eigenvalue weighted by atomic mass is 32.2. The summed E-state index contributed by atoms with van der Waals surface area (Å²) in [6.45, 7) is 5.89. The van der Waals surface area contributed by atoms with Crippen molar-refractivity contribution in [2.45, 2.75) is 51.1 Å². The first kappa shape index (κ1) is 31.5. The zero-order valence-corrected chi connectivity index (χ0v) is 25.8. The summed E-state index contributed by atoms with van der Waals surface area (Å²) in [5.41, 5.74) is 3.89. The maximum absolute atomic E-state index is 14.5. The quantitative estimate of drug-likeness (QED) is 0.215. The molecule has 0 aliphatic carbocycles. The zero-order valence-electron chi connectivity index (χ0n) is 24.9. The predicted molar refractivity (Wildman–Crippen MR) is 171 cm³/mol. The van der Waals surface area contributed by atoms with Crippen molar-refractivity contribution < 1.29 is 18.0 Å². The van der Waals surface area contributed by atoms with Crippen LogP contribution in [0.15, 0.2) is 114 Å². The van der Waals surface area contributed by atoms with E-state index >= 15 is 0 Å². The Bertz CT molecular complexity index is 1630. The lowest BCUT2D eigenvalue weighted by molar-refractivity contribution is -0.140. The van der Waals surface area contributed by atoms with E-state index in [2.05, 4.69) is 5.32 Å². The molecule has 43 heavy (non-hydrogen) atoms. The summed E-state index contributed by atoms with van der Waals surface area (Å²) in [5, 5.41) is 2.97. The van der Waals surface area contributed by atoms with Crippen molar-refractivity contribution in [1.29, 1.82) is 0 Å². The number of nitrogens with zero attached hydrogens (tertiary/aromatic N) is 2. The molecule has 1 atom stereocenters. The summed E-state index contributed by atoms with van der Waals surface area (Å²) >= 11 is 0. The van der Waals surface area contributed by atoms with Crippen molar-refractivity contribution in [3.8, 4) is 0 Å². The first-order valence-electron chi connectivity index (χ1n) is 14.5. The Morgan fingerprint density at radius 3 is 2.07 bits per heavy atom. The highest BCUT2D eigenvalue weighted by Crippen LogP contribution is 2.27. The van der Waals surface area contributed by atoms with E-state index in [1.807, 2.05) is 87.5 Å². The lowest BCUT2D eigenvalue weighted by atomic mass is 10.0. The van der Waals surface area contributed by atoms with Gasteiger partial charge in [-0.25, -0.2) is 8.42 Å². The normalized spacial score (nSPS) is 11.9. The minimum Gasteiger partial charge on any atom is -0.354 e. The number of carbonyl (C=O) groups excluding carboxylic acids is 2. The highest BCUT2D eigenvalue weighted by Gasteiger charge is 2.34. The largest absolute Gasteiger partial charge is 0.354 e. The fourth-order valence-corrected chi connectivity index (χ4v) is 6.50. The summed E-state index contributed by atoms with van der Waals surface area (Å²) < 4.78 is 29.3. The van der Waals surface area contributed by atoms with Crippen molar-refractivity contribution >= 4 is 27.5 Å². The number of anilines is 1. The summed E-state index contributed by atoms with van der Waals surface area (Å²) in [6.07, 6.45) is 1.02. The van der Waals surface area contributed by atoms with Crippen LogP contribution in [0.1, 0.15) is 35.6 Å². The van der Waals surface area contributed by atoms with Crippen LogP contribution in [0.2, 0.25) is 0 Å². The second-order valence-electron chi connectivity index (χ2n) is 10.6. The Morgan fingerprint density at radius 1 is 0.791 bits per heavy atom. The van der Waals surface area contributed by atoms with Gasteiger partial charge in [0.15, 0.2) is 0 Å². The maximum Gasteiger partial charge on any atom is 0.264 e. The van der Waals surface area contributed by atoms with Gasteiger partial charge in [-0.1, -0.05) is 103 Å². The van der Waals surface area contributed by atoms with Gasteiger partial charge in [0.2, 0.25) is 11.8 Å². The van der Waals surface area contributed by atoms with E-state index in [0.29, 0.717) is 17.8 Å². The standard InChI is InChI=1S/C35H39N3O4S/c1-4-22-36-35(40)33(24-29-16-7-5-8-17-29)37(25-30-18-13-14-27(2)23-30)34(39)26-38(32-21-12-11-15-28(32)3)43(41,42)31-19-9-6-10-20-31/h5-21,23,33H,4,22,24-26H2,1-3H3,(H,36,40)/t33-/m0/s1. The van der Waals surface area contributed by atoms with Crippen LogP contribution in [0.3, 0.4) is 0 Å². The molecule has 0 radical (unpaired) electrons. The maximum atomic E-state index is 14.5. The molecule has 4 rings (SSSR count). The zero-order chi connectivity index (χ0) is 30.8. The van der Waals surface area contributed by atoms with Gasteiger partial charge in [-0.3, -0.25) is 13.9 Å². The van der Waals surface area contributed by atoms with Crippen molar-refractivity contribution in [2.24, 2.45) is 0 Å². The molecule has 0 bridgehead atoms. The Labute approximate surface area is 255 Å². The molecule has 0 saturated heterocycles. The number of sulfonamides is 1. The molecule has 224 valence electrons. The topological polar surface area (TPSA) is 86.8 Å². The van der Waals surface area contributed by atoms with Crippen LogP contribution in [-0.4, -0.2) is 44.3 Å². The van der Waals surface area contributed by atoms with E-state index in [1.54, 1.807) is 30.3 Å². The molecule has 0 fully saturated rings. The van der Waals surface area contributed by atoms with Gasteiger partial charge in [0.1, 0.15) is 12.6 Å². The highest BCUT2D eigenvalue weighted by molar-refractivity contribution is 7.92. The van der Waals surface area contributed by atoms with Crippen molar-refractivity contribution in [3.63, 3.8) is 0 Å². The molecule has 4 aromatic rings. The number of hydrogen-bond acceptors (Lipinski definition) is 4. The molecule has 0 heterocycles. The van der Waals surface area contributed by atoms with Crippen molar-refractivity contribution in [3.05, 3.63) is 131 Å². The number of aryl methyl sites for hydroxylation is 2.